The Morgan fingerprint density at radius 1 is 1.02 bits per heavy atom. The summed E-state index contributed by atoms with van der Waals surface area (Å²) in [6, 6.07) is 9.89. The van der Waals surface area contributed by atoms with Gasteiger partial charge in [0.25, 0.3) is 10.1 Å². The highest BCUT2D eigenvalue weighted by molar-refractivity contribution is 7.85. The van der Waals surface area contributed by atoms with E-state index in [4.69, 9.17) is 9.81 Å². The van der Waals surface area contributed by atoms with Gasteiger partial charge in [0.2, 0.25) is 17.6 Å². The van der Waals surface area contributed by atoms with Crippen molar-refractivity contribution < 1.29 is 35.7 Å². The summed E-state index contributed by atoms with van der Waals surface area (Å²) in [5.74, 6) is -2.16. The van der Waals surface area contributed by atoms with Gasteiger partial charge in [-0.3, -0.25) is 14.1 Å². The molecular weight excluding hydrogens is 615 g/mol. The van der Waals surface area contributed by atoms with Gasteiger partial charge in [-0.15, -0.1) is 0 Å². The number of hydrogen-bond donors (Lipinski definition) is 3. The zero-order valence-electron chi connectivity index (χ0n) is 24.6. The van der Waals surface area contributed by atoms with Crippen LogP contribution >= 0.6 is 0 Å². The summed E-state index contributed by atoms with van der Waals surface area (Å²) in [6.07, 6.45) is -1.23. The largest absolute Gasteiger partial charge is 0.451 e. The molecule has 4 rings (SSSR count). The van der Waals surface area contributed by atoms with Gasteiger partial charge in [0.15, 0.2) is 0 Å². The third-order valence-electron chi connectivity index (χ3n) is 8.00. The van der Waals surface area contributed by atoms with E-state index in [0.717, 1.165) is 5.56 Å². The number of carbonyl (C=O) groups excluding carboxylic acids is 2. The average molecular weight is 652 g/mol. The summed E-state index contributed by atoms with van der Waals surface area (Å²) in [6.45, 7) is 1.35. The highest BCUT2D eigenvalue weighted by atomic mass is 32.2. The Morgan fingerprint density at radius 3 is 2.36 bits per heavy atom. The number of anilines is 2. The fraction of sp³-hybridized carbons (Fsp3) is 0.552. The van der Waals surface area contributed by atoms with Gasteiger partial charge in [-0.1, -0.05) is 12.1 Å². The molecule has 0 saturated carbocycles. The van der Waals surface area contributed by atoms with Gasteiger partial charge in [0, 0.05) is 45.2 Å². The molecule has 2 aliphatic heterocycles. The number of carbonyl (C=O) groups is 2. The molecule has 0 bridgehead atoms. The van der Waals surface area contributed by atoms with E-state index in [9.17, 15) is 31.2 Å². The molecule has 3 heterocycles. The minimum absolute atomic E-state index is 0.0424. The van der Waals surface area contributed by atoms with Crippen molar-refractivity contribution in [3.8, 4) is 6.07 Å². The topological polar surface area (TPSA) is 169 Å². The second-order valence-electron chi connectivity index (χ2n) is 11.2. The molecule has 45 heavy (non-hydrogen) atoms. The molecule has 244 valence electrons. The molecular formula is C29H36F3N7O5S. The quantitative estimate of drug-likeness (QED) is 0.290. The normalized spacial score (nSPS) is 17.6. The number of amides is 2. The van der Waals surface area contributed by atoms with Crippen LogP contribution in [-0.4, -0.2) is 79.3 Å². The molecule has 16 heteroatoms. The number of aromatic nitrogens is 2. The number of piperidine rings is 1. The van der Waals surface area contributed by atoms with E-state index in [1.165, 1.54) is 6.07 Å². The van der Waals surface area contributed by atoms with Crippen LogP contribution in [0.4, 0.5) is 24.8 Å². The second-order valence-corrected chi connectivity index (χ2v) is 12.8. The average Bonchev–Trinajstić information content (AvgIpc) is 3.50. The number of hydrogen-bond acceptors (Lipinski definition) is 9. The summed E-state index contributed by atoms with van der Waals surface area (Å²) < 4.78 is 72.0. The van der Waals surface area contributed by atoms with E-state index in [1.54, 1.807) is 21.9 Å². The van der Waals surface area contributed by atoms with Crippen LogP contribution in [0.25, 0.3) is 0 Å². The van der Waals surface area contributed by atoms with Gasteiger partial charge in [0.05, 0.1) is 17.4 Å². The van der Waals surface area contributed by atoms with Gasteiger partial charge < -0.3 is 20.4 Å². The zero-order valence-corrected chi connectivity index (χ0v) is 25.4. The van der Waals surface area contributed by atoms with Crippen LogP contribution in [-0.2, 0) is 32.3 Å². The smallest absolute Gasteiger partial charge is 0.356 e. The first-order valence-electron chi connectivity index (χ1n) is 14.8. The number of benzene rings is 1. The molecule has 3 N–H and O–H groups in total. The number of halogens is 3. The lowest BCUT2D eigenvalue weighted by Crippen LogP contribution is -2.44. The van der Waals surface area contributed by atoms with Crippen molar-refractivity contribution in [1.82, 2.24) is 20.6 Å². The van der Waals surface area contributed by atoms with Crippen molar-refractivity contribution in [3.05, 3.63) is 47.3 Å². The highest BCUT2D eigenvalue weighted by Gasteiger charge is 2.39. The Balaban J connectivity index is 1.36. The number of alkyl halides is 3. The number of nitrogens with zero attached hydrogens (tertiary/aromatic N) is 5. The molecule has 2 fully saturated rings. The van der Waals surface area contributed by atoms with Crippen molar-refractivity contribution in [2.45, 2.75) is 57.2 Å². The van der Waals surface area contributed by atoms with E-state index >= 15 is 0 Å². The minimum Gasteiger partial charge on any atom is -0.356 e. The molecule has 1 unspecified atom stereocenters. The summed E-state index contributed by atoms with van der Waals surface area (Å²) in [4.78, 5) is 36.1. The minimum atomic E-state index is -4.79. The van der Waals surface area contributed by atoms with E-state index in [1.807, 2.05) is 12.1 Å². The standard InChI is InChI=1S/C29H36F3N7O5S/c30-29(31,32)28-36-24(38-15-10-21(11-16-38)7-8-26(40)34-13-17-45(42,43)44)18-25(37-28)39-14-1-2-23(39)27(41)35-12-9-20-3-5-22(19-33)6-4-20/h3-6,18,21,23H,1-2,7-17H2,(H,34,40)(H,35,41)(H,42,43,44). The Hall–Kier alpha value is -3.97. The van der Waals surface area contributed by atoms with Crippen molar-refractivity contribution >= 4 is 33.6 Å². The van der Waals surface area contributed by atoms with E-state index in [-0.39, 0.29) is 42.3 Å². The van der Waals surface area contributed by atoms with Crippen molar-refractivity contribution in [1.29, 1.82) is 5.26 Å². The SMILES string of the molecule is N#Cc1ccc(CCNC(=O)C2CCCN2c2cc(N3CCC(CCC(=O)NCCS(=O)(=O)O)CC3)nc(C(F)(F)F)n2)cc1. The lowest BCUT2D eigenvalue weighted by molar-refractivity contribution is -0.144. The monoisotopic (exact) mass is 651 g/mol. The van der Waals surface area contributed by atoms with E-state index < -0.39 is 33.9 Å². The molecule has 0 aliphatic carbocycles. The maximum Gasteiger partial charge on any atom is 0.451 e. The van der Waals surface area contributed by atoms with Crippen LogP contribution in [0.3, 0.4) is 0 Å². The van der Waals surface area contributed by atoms with Crippen LogP contribution < -0.4 is 20.4 Å². The molecule has 1 aromatic carbocycles. The molecule has 2 amide bonds. The molecule has 1 atom stereocenters. The summed E-state index contributed by atoms with van der Waals surface area (Å²) >= 11 is 0. The van der Waals surface area contributed by atoms with Crippen molar-refractivity contribution in [2.24, 2.45) is 5.92 Å². The van der Waals surface area contributed by atoms with Crippen LogP contribution in [0.15, 0.2) is 30.3 Å². The maximum absolute atomic E-state index is 13.9. The van der Waals surface area contributed by atoms with Crippen LogP contribution in [0, 0.1) is 17.2 Å². The Kier molecular flexibility index (Phi) is 11.2. The molecule has 0 spiro atoms. The van der Waals surface area contributed by atoms with E-state index in [0.29, 0.717) is 70.3 Å². The van der Waals surface area contributed by atoms with Crippen LogP contribution in [0.5, 0.6) is 0 Å². The van der Waals surface area contributed by atoms with Crippen molar-refractivity contribution in [3.63, 3.8) is 0 Å². The van der Waals surface area contributed by atoms with Crippen LogP contribution in [0.2, 0.25) is 0 Å². The third kappa shape index (κ3) is 10.0. The first-order valence-corrected chi connectivity index (χ1v) is 16.4. The Bertz CT molecular complexity index is 1490. The summed E-state index contributed by atoms with van der Waals surface area (Å²) in [5.41, 5.74) is 1.48. The lowest BCUT2D eigenvalue weighted by Gasteiger charge is -2.34. The van der Waals surface area contributed by atoms with E-state index in [2.05, 4.69) is 26.7 Å². The first-order chi connectivity index (χ1) is 21.3. The first kappa shape index (κ1) is 33.9. The van der Waals surface area contributed by atoms with Gasteiger partial charge in [-0.25, -0.2) is 9.97 Å². The van der Waals surface area contributed by atoms with Crippen LogP contribution in [0.1, 0.15) is 55.5 Å². The number of nitriles is 1. The molecule has 1 aromatic heterocycles. The summed E-state index contributed by atoms with van der Waals surface area (Å²) in [7, 11) is -4.16. The summed E-state index contributed by atoms with van der Waals surface area (Å²) in [5, 5.41) is 14.3. The lowest BCUT2D eigenvalue weighted by atomic mass is 9.92. The van der Waals surface area contributed by atoms with Crippen molar-refractivity contribution in [2.75, 3.05) is 48.3 Å². The second kappa shape index (κ2) is 14.9. The fourth-order valence-corrected chi connectivity index (χ4v) is 5.92. The Labute approximate surface area is 259 Å². The zero-order chi connectivity index (χ0) is 32.6. The molecule has 2 aromatic rings. The molecule has 0 radical (unpaired) electrons. The van der Waals surface area contributed by atoms with Gasteiger partial charge in [-0.05, 0) is 62.1 Å². The molecule has 2 aliphatic rings. The molecule has 2 saturated heterocycles. The third-order valence-corrected chi connectivity index (χ3v) is 8.72. The van der Waals surface area contributed by atoms with Gasteiger partial charge in [0.1, 0.15) is 17.7 Å². The predicted molar refractivity (Wildman–Crippen MR) is 159 cm³/mol. The maximum atomic E-state index is 13.9. The fourth-order valence-electron chi connectivity index (χ4n) is 5.56. The predicted octanol–water partition coefficient (Wildman–Crippen LogP) is 2.70. The van der Waals surface area contributed by atoms with Gasteiger partial charge in [-0.2, -0.15) is 26.9 Å². The Morgan fingerprint density at radius 2 is 1.71 bits per heavy atom. The molecule has 12 nitrogen and oxygen atoms in total. The number of nitrogens with one attached hydrogen (secondary N) is 2. The number of rotatable bonds is 12. The van der Waals surface area contributed by atoms with Gasteiger partial charge >= 0.3 is 6.18 Å². The highest BCUT2D eigenvalue weighted by Crippen LogP contribution is 2.34.